The van der Waals surface area contributed by atoms with Crippen LogP contribution in [0.15, 0.2) is 72.8 Å². The first-order valence-corrected chi connectivity index (χ1v) is 20.6. The molecule has 2 aliphatic rings. The van der Waals surface area contributed by atoms with Gasteiger partial charge in [0, 0.05) is 24.2 Å². The van der Waals surface area contributed by atoms with Crippen LogP contribution < -0.4 is 15.0 Å². The summed E-state index contributed by atoms with van der Waals surface area (Å²) in [6.07, 6.45) is 4.58. The number of carboxylic acids is 1. The largest absolute Gasteiger partial charge is 0.490 e. The first-order chi connectivity index (χ1) is 27.3. The number of nitrogens with zero attached hydrogens (tertiary/aromatic N) is 4. The van der Waals surface area contributed by atoms with Crippen molar-refractivity contribution in [1.29, 1.82) is 0 Å². The summed E-state index contributed by atoms with van der Waals surface area (Å²) in [5, 5.41) is 12.7. The van der Waals surface area contributed by atoms with Gasteiger partial charge in [0.2, 0.25) is 0 Å². The van der Waals surface area contributed by atoms with E-state index in [9.17, 15) is 14.4 Å². The molecule has 0 spiro atoms. The lowest BCUT2D eigenvalue weighted by Gasteiger charge is -2.31. The van der Waals surface area contributed by atoms with E-state index in [1.807, 2.05) is 99.3 Å². The first kappa shape index (κ1) is 39.9. The molecule has 2 aromatic heterocycles. The molecule has 1 saturated heterocycles. The molecule has 57 heavy (non-hydrogen) atoms. The number of anilines is 2. The van der Waals surface area contributed by atoms with Crippen molar-refractivity contribution in [2.45, 2.75) is 85.0 Å². The van der Waals surface area contributed by atoms with Crippen LogP contribution in [0, 0.1) is 12.8 Å². The van der Waals surface area contributed by atoms with E-state index in [0.29, 0.717) is 47.5 Å². The Morgan fingerprint density at radius 1 is 0.947 bits per heavy atom. The molecule has 0 aliphatic carbocycles. The first-order valence-electron chi connectivity index (χ1n) is 19.8. The van der Waals surface area contributed by atoms with Gasteiger partial charge in [0.25, 0.3) is 5.91 Å². The van der Waals surface area contributed by atoms with E-state index in [4.69, 9.17) is 19.6 Å². The predicted molar refractivity (Wildman–Crippen MR) is 224 cm³/mol. The van der Waals surface area contributed by atoms with Crippen LogP contribution >= 0.6 is 11.3 Å². The van der Waals surface area contributed by atoms with Crippen LogP contribution in [-0.4, -0.2) is 75.7 Å². The maximum Gasteiger partial charge on any atom is 0.358 e. The Labute approximate surface area is 338 Å². The van der Waals surface area contributed by atoms with E-state index in [-0.39, 0.29) is 24.2 Å². The average molecular weight is 790 g/mol. The molecule has 2 aliphatic heterocycles. The van der Waals surface area contributed by atoms with Crippen molar-refractivity contribution in [1.82, 2.24) is 14.9 Å². The third kappa shape index (κ3) is 9.62. The second-order valence-electron chi connectivity index (χ2n) is 16.2. The number of piperidine rings is 1. The second kappa shape index (κ2) is 17.0. The van der Waals surface area contributed by atoms with Gasteiger partial charge in [-0.15, -0.1) is 0 Å². The molecule has 1 amide bonds. The number of thiazole rings is 1. The smallest absolute Gasteiger partial charge is 0.358 e. The van der Waals surface area contributed by atoms with Gasteiger partial charge < -0.3 is 19.5 Å². The number of aromatic nitrogens is 2. The van der Waals surface area contributed by atoms with Crippen LogP contribution in [0.1, 0.15) is 90.9 Å². The molecule has 1 fully saturated rings. The number of esters is 1. The molecule has 7 rings (SSSR count). The SMILES string of the molecule is Cc1c(OC(C)CCC2CCN(CC(=O)O)CC2)cccc1-c1ccc(N2CCc3cccc(C(=O)Nc4nc5ccccc5s4)c3C2)nc1C(=O)OC(C)(C)C. The number of aliphatic carboxylic acids is 1. The predicted octanol–water partition coefficient (Wildman–Crippen LogP) is 8.78. The highest BCUT2D eigenvalue weighted by molar-refractivity contribution is 7.22. The lowest BCUT2D eigenvalue weighted by molar-refractivity contribution is -0.138. The van der Waals surface area contributed by atoms with Crippen LogP contribution in [0.25, 0.3) is 21.3 Å². The number of likely N-dealkylation sites (tertiary alicyclic amines) is 1. The number of fused-ring (bicyclic) bond motifs is 2. The topological polar surface area (TPSA) is 134 Å². The normalized spacial score (nSPS) is 15.6. The summed E-state index contributed by atoms with van der Waals surface area (Å²) >= 11 is 1.45. The van der Waals surface area contributed by atoms with Crippen LogP contribution in [0.5, 0.6) is 5.75 Å². The molecular formula is C45H51N5O6S. The number of carboxylic acid groups (broad SMARTS) is 1. The fourth-order valence-electron chi connectivity index (χ4n) is 7.81. The fraction of sp³-hybridized carbons (Fsp3) is 0.400. The Kier molecular flexibility index (Phi) is 11.9. The van der Waals surface area contributed by atoms with E-state index in [1.165, 1.54) is 11.3 Å². The number of hydrogen-bond acceptors (Lipinski definition) is 10. The van der Waals surface area contributed by atoms with Gasteiger partial charge in [0.15, 0.2) is 10.8 Å². The lowest BCUT2D eigenvalue weighted by atomic mass is 9.91. The van der Waals surface area contributed by atoms with Crippen molar-refractivity contribution < 1.29 is 29.0 Å². The maximum atomic E-state index is 13.9. The summed E-state index contributed by atoms with van der Waals surface area (Å²) in [7, 11) is 0. The number of benzene rings is 3. The highest BCUT2D eigenvalue weighted by atomic mass is 32.1. The van der Waals surface area contributed by atoms with Crippen molar-refractivity contribution in [3.05, 3.63) is 101 Å². The quantitative estimate of drug-likeness (QED) is 0.118. The molecule has 298 valence electrons. The lowest BCUT2D eigenvalue weighted by Crippen LogP contribution is -2.37. The van der Waals surface area contributed by atoms with Gasteiger partial charge in [0.1, 0.15) is 17.2 Å². The minimum absolute atomic E-state index is 0.0306. The number of pyridine rings is 1. The van der Waals surface area contributed by atoms with Crippen molar-refractivity contribution >= 4 is 50.3 Å². The highest BCUT2D eigenvalue weighted by Gasteiger charge is 2.28. The zero-order chi connectivity index (χ0) is 40.3. The number of rotatable bonds is 12. The second-order valence-corrected chi connectivity index (χ2v) is 17.2. The zero-order valence-corrected chi connectivity index (χ0v) is 34.2. The molecule has 4 heterocycles. The third-order valence-electron chi connectivity index (χ3n) is 10.8. The van der Waals surface area contributed by atoms with Gasteiger partial charge in [-0.2, -0.15) is 0 Å². The van der Waals surface area contributed by atoms with Crippen molar-refractivity contribution in [2.24, 2.45) is 5.92 Å². The summed E-state index contributed by atoms with van der Waals surface area (Å²) in [6, 6.07) is 23.4. The number of carbonyl (C=O) groups excluding carboxylic acids is 2. The molecule has 2 N–H and O–H groups in total. The molecule has 12 heteroatoms. The molecule has 1 atom stereocenters. The summed E-state index contributed by atoms with van der Waals surface area (Å²) < 4.78 is 13.4. The van der Waals surface area contributed by atoms with Gasteiger partial charge in [-0.25, -0.2) is 14.8 Å². The van der Waals surface area contributed by atoms with Gasteiger partial charge >= 0.3 is 11.9 Å². The van der Waals surface area contributed by atoms with E-state index in [2.05, 4.69) is 28.2 Å². The van der Waals surface area contributed by atoms with Gasteiger partial charge in [0.05, 0.1) is 22.9 Å². The van der Waals surface area contributed by atoms with Crippen LogP contribution in [0.4, 0.5) is 10.9 Å². The summed E-state index contributed by atoms with van der Waals surface area (Å²) in [4.78, 5) is 52.4. The maximum absolute atomic E-state index is 13.9. The molecule has 0 radical (unpaired) electrons. The van der Waals surface area contributed by atoms with Crippen molar-refractivity contribution in [3.8, 4) is 16.9 Å². The Morgan fingerprint density at radius 2 is 1.72 bits per heavy atom. The van der Waals surface area contributed by atoms with Gasteiger partial charge in [-0.1, -0.05) is 47.7 Å². The summed E-state index contributed by atoms with van der Waals surface area (Å²) in [5.41, 5.74) is 5.35. The van der Waals surface area contributed by atoms with E-state index < -0.39 is 17.5 Å². The average Bonchev–Trinajstić information content (AvgIpc) is 3.59. The number of ether oxygens (including phenoxy) is 2. The Bertz CT molecular complexity index is 2240. The number of hydrogen-bond donors (Lipinski definition) is 2. The van der Waals surface area contributed by atoms with E-state index >= 15 is 0 Å². The van der Waals surface area contributed by atoms with Gasteiger partial charge in [-0.3, -0.25) is 19.8 Å². The molecule has 11 nitrogen and oxygen atoms in total. The van der Waals surface area contributed by atoms with E-state index in [0.717, 1.165) is 77.0 Å². The van der Waals surface area contributed by atoms with Crippen molar-refractivity contribution in [3.63, 3.8) is 0 Å². The monoisotopic (exact) mass is 789 g/mol. The molecule has 1 unspecified atom stereocenters. The Balaban J connectivity index is 1.10. The zero-order valence-electron chi connectivity index (χ0n) is 33.3. The highest BCUT2D eigenvalue weighted by Crippen LogP contribution is 2.36. The van der Waals surface area contributed by atoms with Gasteiger partial charge in [-0.05, 0) is 144 Å². The standard InChI is InChI=1S/C45H51N5O6S/c1-28(16-17-30-20-23-49(24-21-30)27-40(51)52)55-37-14-9-11-32(29(37)2)33-18-19-39(47-41(33)43(54)56-45(3,4)5)50-25-22-31-10-8-12-34(35(31)26-50)42(53)48-44-46-36-13-6-7-15-38(36)57-44/h6-15,18-19,28,30H,16-17,20-27H2,1-5H3,(H,51,52)(H,46,48,53). The number of carbonyl (C=O) groups is 3. The Morgan fingerprint density at radius 3 is 2.47 bits per heavy atom. The minimum Gasteiger partial charge on any atom is -0.490 e. The van der Waals surface area contributed by atoms with Crippen molar-refractivity contribution in [2.75, 3.05) is 36.4 Å². The molecule has 5 aromatic rings. The minimum atomic E-state index is -0.773. The van der Waals surface area contributed by atoms with Crippen LogP contribution in [0.2, 0.25) is 0 Å². The van der Waals surface area contributed by atoms with Crippen LogP contribution in [0.3, 0.4) is 0 Å². The number of nitrogens with one attached hydrogen (secondary N) is 1. The Hall–Kier alpha value is -5.33. The number of para-hydroxylation sites is 1. The third-order valence-corrected chi connectivity index (χ3v) is 11.7. The molecule has 0 saturated carbocycles. The molecule has 3 aromatic carbocycles. The summed E-state index contributed by atoms with van der Waals surface area (Å²) in [6.45, 7) is 12.5. The number of amides is 1. The molecular weight excluding hydrogens is 739 g/mol. The molecule has 0 bridgehead atoms. The fourth-order valence-corrected chi connectivity index (χ4v) is 8.67. The van der Waals surface area contributed by atoms with Crippen LogP contribution in [-0.2, 0) is 22.5 Å². The summed E-state index contributed by atoms with van der Waals surface area (Å²) in [5.74, 6) is 0.428. The van der Waals surface area contributed by atoms with E-state index in [1.54, 1.807) is 0 Å².